The van der Waals surface area contributed by atoms with E-state index in [4.69, 9.17) is 5.73 Å². The van der Waals surface area contributed by atoms with Gasteiger partial charge in [-0.15, -0.1) is 0 Å². The summed E-state index contributed by atoms with van der Waals surface area (Å²) >= 11 is 0. The fraction of sp³-hybridized carbons (Fsp3) is 1.00. The van der Waals surface area contributed by atoms with Crippen LogP contribution in [0.3, 0.4) is 0 Å². The van der Waals surface area contributed by atoms with Crippen LogP contribution in [0.5, 0.6) is 0 Å². The molecule has 0 aromatic rings. The van der Waals surface area contributed by atoms with E-state index in [9.17, 15) is 8.42 Å². The molecule has 0 bridgehead atoms. The predicted octanol–water partition coefficient (Wildman–Crippen LogP) is 0.442. The Labute approximate surface area is 97.0 Å². The molecule has 4 nitrogen and oxygen atoms in total. The fourth-order valence-corrected chi connectivity index (χ4v) is 5.00. The Morgan fingerprint density at radius 1 is 1.19 bits per heavy atom. The Morgan fingerprint density at radius 2 is 1.94 bits per heavy atom. The summed E-state index contributed by atoms with van der Waals surface area (Å²) in [6.07, 6.45) is 5.07. The van der Waals surface area contributed by atoms with Gasteiger partial charge >= 0.3 is 0 Å². The van der Waals surface area contributed by atoms with Crippen molar-refractivity contribution in [2.24, 2.45) is 23.5 Å². The van der Waals surface area contributed by atoms with E-state index in [1.807, 2.05) is 0 Å². The normalized spacial score (nSPS) is 42.8. The van der Waals surface area contributed by atoms with Crippen LogP contribution >= 0.6 is 0 Å². The van der Waals surface area contributed by atoms with Crippen LogP contribution in [0.4, 0.5) is 0 Å². The molecule has 3 aliphatic rings. The van der Waals surface area contributed by atoms with Gasteiger partial charge in [0.1, 0.15) is 0 Å². The Hall–Kier alpha value is -0.130. The van der Waals surface area contributed by atoms with Crippen molar-refractivity contribution in [1.29, 1.82) is 0 Å². The van der Waals surface area contributed by atoms with E-state index < -0.39 is 10.0 Å². The summed E-state index contributed by atoms with van der Waals surface area (Å²) in [6, 6.07) is 0.215. The maximum Gasteiger partial charge on any atom is 0.214 e. The summed E-state index contributed by atoms with van der Waals surface area (Å²) < 4.78 is 26.5. The Morgan fingerprint density at radius 3 is 2.56 bits per heavy atom. The van der Waals surface area contributed by atoms with Crippen molar-refractivity contribution in [2.45, 2.75) is 43.4 Å². The van der Waals surface area contributed by atoms with Gasteiger partial charge in [-0.2, -0.15) is 0 Å². The molecule has 0 amide bonds. The van der Waals surface area contributed by atoms with Crippen LogP contribution in [-0.2, 0) is 10.0 Å². The molecule has 3 fully saturated rings. The smallest absolute Gasteiger partial charge is 0.214 e. The van der Waals surface area contributed by atoms with Crippen LogP contribution in [0.25, 0.3) is 0 Å². The monoisotopic (exact) mass is 244 g/mol. The number of hydrogen-bond donors (Lipinski definition) is 2. The third kappa shape index (κ3) is 1.79. The van der Waals surface area contributed by atoms with E-state index in [1.165, 1.54) is 6.42 Å². The van der Waals surface area contributed by atoms with Gasteiger partial charge in [0.15, 0.2) is 0 Å². The predicted molar refractivity (Wildman–Crippen MR) is 62.2 cm³/mol. The van der Waals surface area contributed by atoms with E-state index >= 15 is 0 Å². The highest BCUT2D eigenvalue weighted by molar-refractivity contribution is 7.90. The number of rotatable bonds is 4. The number of sulfonamides is 1. The summed E-state index contributed by atoms with van der Waals surface area (Å²) in [5.41, 5.74) is 5.68. The van der Waals surface area contributed by atoms with E-state index in [2.05, 4.69) is 4.72 Å². The van der Waals surface area contributed by atoms with Crippen molar-refractivity contribution in [3.8, 4) is 0 Å². The van der Waals surface area contributed by atoms with Gasteiger partial charge in [0.25, 0.3) is 0 Å². The zero-order valence-electron chi connectivity index (χ0n) is 9.43. The van der Waals surface area contributed by atoms with Crippen molar-refractivity contribution >= 4 is 10.0 Å². The molecule has 0 aliphatic heterocycles. The van der Waals surface area contributed by atoms with Crippen molar-refractivity contribution in [3.63, 3.8) is 0 Å². The second kappa shape index (κ2) is 3.68. The minimum absolute atomic E-state index is 0.0849. The van der Waals surface area contributed by atoms with Crippen LogP contribution in [0.15, 0.2) is 0 Å². The average Bonchev–Trinajstić information content (AvgIpc) is 3.01. The molecule has 0 spiro atoms. The van der Waals surface area contributed by atoms with Gasteiger partial charge in [-0.25, -0.2) is 13.1 Å². The molecule has 3 rings (SSSR count). The first-order chi connectivity index (χ1) is 7.60. The van der Waals surface area contributed by atoms with Crippen molar-refractivity contribution < 1.29 is 8.42 Å². The molecule has 3 aliphatic carbocycles. The lowest BCUT2D eigenvalue weighted by Crippen LogP contribution is -2.51. The van der Waals surface area contributed by atoms with Crippen LogP contribution in [0.1, 0.15) is 32.1 Å². The molecule has 0 saturated heterocycles. The van der Waals surface area contributed by atoms with Gasteiger partial charge in [0, 0.05) is 6.04 Å². The third-order valence-corrected chi connectivity index (χ3v) is 6.51. The molecule has 4 unspecified atom stereocenters. The fourth-order valence-electron chi connectivity index (χ4n) is 3.36. The molecule has 0 aromatic carbocycles. The molecule has 3 saturated carbocycles. The SMILES string of the molecule is NCC1CC2CC(NS(=O)(=O)C3CC3)C2C1. The van der Waals surface area contributed by atoms with Crippen molar-refractivity contribution in [2.75, 3.05) is 6.54 Å². The average molecular weight is 244 g/mol. The molecule has 16 heavy (non-hydrogen) atoms. The second-order valence-electron chi connectivity index (χ2n) is 5.70. The topological polar surface area (TPSA) is 72.2 Å². The molecule has 0 radical (unpaired) electrons. The zero-order valence-corrected chi connectivity index (χ0v) is 10.2. The molecule has 4 atom stereocenters. The molecule has 92 valence electrons. The number of fused-ring (bicyclic) bond motifs is 1. The summed E-state index contributed by atoms with van der Waals surface area (Å²) in [7, 11) is -2.99. The van der Waals surface area contributed by atoms with Gasteiger partial charge in [-0.1, -0.05) is 0 Å². The van der Waals surface area contributed by atoms with Crippen LogP contribution in [0.2, 0.25) is 0 Å². The van der Waals surface area contributed by atoms with Crippen molar-refractivity contribution in [1.82, 2.24) is 4.72 Å². The number of nitrogens with two attached hydrogens (primary N) is 1. The first-order valence-electron chi connectivity index (χ1n) is 6.31. The molecule has 0 aromatic heterocycles. The summed E-state index contributed by atoms with van der Waals surface area (Å²) in [6.45, 7) is 0.759. The number of nitrogens with one attached hydrogen (secondary N) is 1. The van der Waals surface area contributed by atoms with Gasteiger partial charge in [-0.05, 0) is 56.4 Å². The summed E-state index contributed by atoms with van der Waals surface area (Å²) in [5.74, 6) is 1.94. The standard InChI is InChI=1S/C11H20N2O2S/c12-6-7-3-8-5-11(10(8)4-7)13-16(14,15)9-1-2-9/h7-11,13H,1-6,12H2. The van der Waals surface area contributed by atoms with Gasteiger partial charge in [0.2, 0.25) is 10.0 Å². The first kappa shape index (κ1) is 11.0. The lowest BCUT2D eigenvalue weighted by molar-refractivity contribution is 0.158. The van der Waals surface area contributed by atoms with Gasteiger partial charge in [0.05, 0.1) is 5.25 Å². The highest BCUT2D eigenvalue weighted by atomic mass is 32.2. The van der Waals surface area contributed by atoms with E-state index in [-0.39, 0.29) is 11.3 Å². The maximum absolute atomic E-state index is 11.8. The lowest BCUT2D eigenvalue weighted by Gasteiger charge is -2.40. The minimum Gasteiger partial charge on any atom is -0.330 e. The summed E-state index contributed by atoms with van der Waals surface area (Å²) in [5, 5.41) is -0.0849. The number of hydrogen-bond acceptors (Lipinski definition) is 3. The highest BCUT2D eigenvalue weighted by Crippen LogP contribution is 2.49. The Bertz CT molecular complexity index is 377. The van der Waals surface area contributed by atoms with Crippen LogP contribution < -0.4 is 10.5 Å². The lowest BCUT2D eigenvalue weighted by atomic mass is 9.72. The quantitative estimate of drug-likeness (QED) is 0.754. The van der Waals surface area contributed by atoms with Crippen LogP contribution in [0, 0.1) is 17.8 Å². The molecule has 0 heterocycles. The molecular formula is C11H20N2O2S. The third-order valence-electron chi connectivity index (χ3n) is 4.53. The Balaban J connectivity index is 1.59. The van der Waals surface area contributed by atoms with E-state index in [1.54, 1.807) is 0 Å². The second-order valence-corrected chi connectivity index (χ2v) is 7.69. The zero-order chi connectivity index (χ0) is 11.3. The highest BCUT2D eigenvalue weighted by Gasteiger charge is 2.49. The summed E-state index contributed by atoms with van der Waals surface area (Å²) in [4.78, 5) is 0. The van der Waals surface area contributed by atoms with E-state index in [0.717, 1.165) is 38.1 Å². The molecule has 5 heteroatoms. The largest absolute Gasteiger partial charge is 0.330 e. The van der Waals surface area contributed by atoms with Crippen molar-refractivity contribution in [3.05, 3.63) is 0 Å². The van der Waals surface area contributed by atoms with Gasteiger partial charge < -0.3 is 5.73 Å². The molecule has 3 N–H and O–H groups in total. The van der Waals surface area contributed by atoms with Crippen LogP contribution in [-0.4, -0.2) is 26.3 Å². The maximum atomic E-state index is 11.8. The van der Waals surface area contributed by atoms with E-state index in [0.29, 0.717) is 11.8 Å². The molecular weight excluding hydrogens is 224 g/mol. The minimum atomic E-state index is -2.99. The first-order valence-corrected chi connectivity index (χ1v) is 7.86. The van der Waals surface area contributed by atoms with Gasteiger partial charge in [-0.3, -0.25) is 0 Å². The Kier molecular flexibility index (Phi) is 2.53.